The van der Waals surface area contributed by atoms with E-state index < -0.39 is 0 Å². The lowest BCUT2D eigenvalue weighted by atomic mass is 9.83. The Hall–Kier alpha value is -2.73. The minimum Gasteiger partial charge on any atom is -0.348 e. The van der Waals surface area contributed by atoms with Gasteiger partial charge in [0.25, 0.3) is 0 Å². The maximum atomic E-state index is 9.60. The third-order valence-electron chi connectivity index (χ3n) is 6.92. The van der Waals surface area contributed by atoms with Crippen LogP contribution >= 0.6 is 23.7 Å². The number of hydrogen-bond donors (Lipinski definition) is 1. The molecule has 6 rings (SSSR count). The fourth-order valence-electron chi connectivity index (χ4n) is 5.31. The van der Waals surface area contributed by atoms with Crippen LogP contribution in [-0.2, 0) is 7.05 Å². The molecule has 2 saturated heterocycles. The van der Waals surface area contributed by atoms with Gasteiger partial charge in [0.1, 0.15) is 21.9 Å². The number of pyridine rings is 1. The lowest BCUT2D eigenvalue weighted by Gasteiger charge is -2.43. The molecule has 2 fully saturated rings. The molecule has 0 amide bonds. The molecule has 3 atom stereocenters. The van der Waals surface area contributed by atoms with E-state index in [1.165, 1.54) is 32.1 Å². The molecule has 2 aliphatic rings. The molecular weight excluding hydrogens is 454 g/mol. The van der Waals surface area contributed by atoms with Crippen LogP contribution in [0.15, 0.2) is 30.5 Å². The summed E-state index contributed by atoms with van der Waals surface area (Å²) in [5, 5.41) is 19.8. The highest BCUT2D eigenvalue weighted by Gasteiger charge is 2.33. The second-order valence-corrected chi connectivity index (χ2v) is 10.1. The van der Waals surface area contributed by atoms with Crippen molar-refractivity contribution in [3.05, 3.63) is 36.0 Å². The number of aromatic nitrogens is 4. The van der Waals surface area contributed by atoms with Gasteiger partial charge in [0.05, 0.1) is 11.3 Å². The Balaban J connectivity index is 0.00000228. The summed E-state index contributed by atoms with van der Waals surface area (Å²) in [6.07, 6.45) is 8.24. The number of nitriles is 1. The smallest absolute Gasteiger partial charge is 0.187 e. The van der Waals surface area contributed by atoms with Crippen molar-refractivity contribution in [1.29, 1.82) is 5.26 Å². The van der Waals surface area contributed by atoms with Crippen LogP contribution in [0.2, 0.25) is 0 Å². The molecule has 0 spiro atoms. The van der Waals surface area contributed by atoms with Crippen LogP contribution in [0, 0.1) is 11.3 Å². The zero-order valence-electron chi connectivity index (χ0n) is 18.7. The molecule has 0 aliphatic carbocycles. The highest BCUT2D eigenvalue weighted by molar-refractivity contribution is 7.21. The molecule has 9 heteroatoms. The topological polar surface area (TPSA) is 82.7 Å². The number of halogens is 1. The molecule has 1 N–H and O–H groups in total. The van der Waals surface area contributed by atoms with Crippen molar-refractivity contribution in [2.24, 2.45) is 7.05 Å². The molecular formula is C24H26ClN7S. The summed E-state index contributed by atoms with van der Waals surface area (Å²) in [6.45, 7) is 0. The van der Waals surface area contributed by atoms with Gasteiger partial charge in [0, 0.05) is 49.4 Å². The van der Waals surface area contributed by atoms with Gasteiger partial charge in [-0.1, -0.05) is 17.8 Å². The number of nitrogens with zero attached hydrogens (tertiary/aromatic N) is 6. The maximum Gasteiger partial charge on any atom is 0.187 e. The first-order chi connectivity index (χ1) is 15.6. The van der Waals surface area contributed by atoms with Gasteiger partial charge in [-0.15, -0.1) is 12.4 Å². The number of piperidine rings is 2. The van der Waals surface area contributed by atoms with Gasteiger partial charge >= 0.3 is 0 Å². The van der Waals surface area contributed by atoms with E-state index in [-0.39, 0.29) is 12.4 Å². The largest absolute Gasteiger partial charge is 0.348 e. The van der Waals surface area contributed by atoms with Crippen molar-refractivity contribution < 1.29 is 0 Å². The Morgan fingerprint density at radius 1 is 1.18 bits per heavy atom. The molecule has 0 unspecified atom stereocenters. The average Bonchev–Trinajstić information content (AvgIpc) is 3.39. The van der Waals surface area contributed by atoms with Crippen LogP contribution in [0.3, 0.4) is 0 Å². The summed E-state index contributed by atoms with van der Waals surface area (Å²) in [6, 6.07) is 12.1. The highest BCUT2D eigenvalue weighted by Crippen LogP contribution is 2.35. The van der Waals surface area contributed by atoms with Gasteiger partial charge in [-0.05, 0) is 49.9 Å². The van der Waals surface area contributed by atoms with E-state index in [0.29, 0.717) is 23.7 Å². The number of rotatable bonds is 3. The van der Waals surface area contributed by atoms with Crippen LogP contribution in [-0.4, -0.2) is 44.9 Å². The van der Waals surface area contributed by atoms with Gasteiger partial charge in [-0.2, -0.15) is 10.4 Å². The maximum absolute atomic E-state index is 9.60. The van der Waals surface area contributed by atoms with E-state index in [0.717, 1.165) is 37.6 Å². The lowest BCUT2D eigenvalue weighted by Crippen LogP contribution is -2.54. The molecule has 170 valence electrons. The van der Waals surface area contributed by atoms with Crippen LogP contribution in [0.4, 0.5) is 5.13 Å². The zero-order valence-corrected chi connectivity index (χ0v) is 20.3. The number of fused-ring (bicyclic) bond motifs is 4. The van der Waals surface area contributed by atoms with Gasteiger partial charge < -0.3 is 10.2 Å². The molecule has 3 aromatic heterocycles. The lowest BCUT2D eigenvalue weighted by molar-refractivity contribution is 0.219. The minimum atomic E-state index is 0. The normalized spacial score (nSPS) is 22.2. The fourth-order valence-corrected chi connectivity index (χ4v) is 6.29. The molecule has 1 aromatic carbocycles. The van der Waals surface area contributed by atoms with Gasteiger partial charge in [0.2, 0.25) is 0 Å². The van der Waals surface area contributed by atoms with Crippen LogP contribution < -0.4 is 10.2 Å². The van der Waals surface area contributed by atoms with Crippen molar-refractivity contribution in [3.63, 3.8) is 0 Å². The Labute approximate surface area is 202 Å². The summed E-state index contributed by atoms with van der Waals surface area (Å²) < 4.78 is 1.74. The first-order valence-corrected chi connectivity index (χ1v) is 12.0. The number of nitrogens with one attached hydrogen (secondary N) is 1. The summed E-state index contributed by atoms with van der Waals surface area (Å²) in [5.41, 5.74) is 4.01. The molecule has 7 nitrogen and oxygen atoms in total. The number of hydrogen-bond acceptors (Lipinski definition) is 7. The van der Waals surface area contributed by atoms with Gasteiger partial charge in [0.15, 0.2) is 5.13 Å². The average molecular weight is 480 g/mol. The third-order valence-corrected chi connectivity index (χ3v) is 7.98. The molecule has 0 saturated carbocycles. The Morgan fingerprint density at radius 2 is 1.97 bits per heavy atom. The minimum absolute atomic E-state index is 0. The van der Waals surface area contributed by atoms with Gasteiger partial charge in [-0.25, -0.2) is 9.97 Å². The predicted octanol–water partition coefficient (Wildman–Crippen LogP) is 4.65. The molecule has 2 aliphatic heterocycles. The molecule has 2 bridgehead atoms. The van der Waals surface area contributed by atoms with Crippen molar-refractivity contribution >= 4 is 50.1 Å². The predicted molar refractivity (Wildman–Crippen MR) is 135 cm³/mol. The summed E-state index contributed by atoms with van der Waals surface area (Å²) in [7, 11) is 4.05. The Kier molecular flexibility index (Phi) is 5.73. The van der Waals surface area contributed by atoms with E-state index in [1.807, 2.05) is 31.4 Å². The van der Waals surface area contributed by atoms with Crippen LogP contribution in [0.1, 0.15) is 37.7 Å². The zero-order chi connectivity index (χ0) is 21.8. The monoisotopic (exact) mass is 479 g/mol. The van der Waals surface area contributed by atoms with Crippen LogP contribution in [0.25, 0.3) is 32.5 Å². The number of benzene rings is 1. The first kappa shape index (κ1) is 22.1. The van der Waals surface area contributed by atoms with E-state index >= 15 is 0 Å². The van der Waals surface area contributed by atoms with Crippen molar-refractivity contribution in [3.8, 4) is 17.3 Å². The first-order valence-electron chi connectivity index (χ1n) is 11.2. The SMILES string of the molecule is CN(c1nc2ccc(-c3cc(C#N)c4nn(C)cc4c3)nc2s1)[C@@H]1C[C@H]2CCC[C@@H](C1)N2.Cl. The summed E-state index contributed by atoms with van der Waals surface area (Å²) in [4.78, 5) is 13.1. The Morgan fingerprint density at radius 3 is 2.73 bits per heavy atom. The second-order valence-electron chi connectivity index (χ2n) is 9.12. The third kappa shape index (κ3) is 3.95. The van der Waals surface area contributed by atoms with E-state index in [2.05, 4.69) is 34.5 Å². The number of anilines is 1. The molecule has 0 radical (unpaired) electrons. The summed E-state index contributed by atoms with van der Waals surface area (Å²) >= 11 is 1.66. The number of thiazole rings is 1. The quantitative estimate of drug-likeness (QED) is 0.460. The second kappa shape index (κ2) is 8.56. The standard InChI is InChI=1S/C24H25N7S.ClH/c1-30-13-16-9-14(8-15(12-25)22(16)29-30)20-6-7-21-23(27-20)32-24(28-21)31(2)19-10-17-4-3-5-18(11-19)26-17;/h6-9,13,17-19,26H,3-5,10-11H2,1-2H3;1H/t17-,18+,19-;. The van der Waals surface area contributed by atoms with Crippen molar-refractivity contribution in [1.82, 2.24) is 25.1 Å². The summed E-state index contributed by atoms with van der Waals surface area (Å²) in [5.74, 6) is 0. The van der Waals surface area contributed by atoms with E-state index in [1.54, 1.807) is 16.0 Å². The van der Waals surface area contributed by atoms with E-state index in [4.69, 9.17) is 9.97 Å². The van der Waals surface area contributed by atoms with Gasteiger partial charge in [-0.3, -0.25) is 4.68 Å². The molecule has 4 aromatic rings. The van der Waals surface area contributed by atoms with Crippen LogP contribution in [0.5, 0.6) is 0 Å². The molecule has 33 heavy (non-hydrogen) atoms. The Bertz CT molecular complexity index is 1360. The number of aryl methyl sites for hydroxylation is 1. The highest BCUT2D eigenvalue weighted by atomic mass is 35.5. The molecule has 5 heterocycles. The fraction of sp³-hybridized carbons (Fsp3) is 0.417. The van der Waals surface area contributed by atoms with Crippen molar-refractivity contribution in [2.75, 3.05) is 11.9 Å². The van der Waals surface area contributed by atoms with Crippen molar-refractivity contribution in [2.45, 2.75) is 50.2 Å². The van der Waals surface area contributed by atoms with E-state index in [9.17, 15) is 5.26 Å².